The van der Waals surface area contributed by atoms with E-state index < -0.39 is 5.92 Å². The number of rotatable bonds is 3. The number of nitrogens with zero attached hydrogens (tertiary/aromatic N) is 1. The van der Waals surface area contributed by atoms with Crippen LogP contribution in [0.1, 0.15) is 6.42 Å². The molecule has 0 unspecified atom stereocenters. The molecule has 0 radical (unpaired) electrons. The summed E-state index contributed by atoms with van der Waals surface area (Å²) in [5.74, 6) is -1.14. The van der Waals surface area contributed by atoms with Crippen molar-refractivity contribution in [3.05, 3.63) is 71.8 Å². The highest BCUT2D eigenvalue weighted by atomic mass is 35.5. The quantitative estimate of drug-likeness (QED) is 0.696. The number of nitrogens with one attached hydrogen (secondary N) is 1. The van der Waals surface area contributed by atoms with E-state index in [2.05, 4.69) is 5.32 Å². The van der Waals surface area contributed by atoms with Crippen molar-refractivity contribution < 1.29 is 9.59 Å². The summed E-state index contributed by atoms with van der Waals surface area (Å²) in [6.45, 7) is 0.533. The molecule has 0 bridgehead atoms. The first-order valence-corrected chi connectivity index (χ1v) is 8.86. The molecular formula is C21H17ClN2O2. The van der Waals surface area contributed by atoms with Gasteiger partial charge in [-0.05, 0) is 47.5 Å². The first-order valence-electron chi connectivity index (χ1n) is 8.48. The van der Waals surface area contributed by atoms with Crippen molar-refractivity contribution in [3.63, 3.8) is 0 Å². The number of carbonyl (C=O) groups is 2. The van der Waals surface area contributed by atoms with E-state index in [0.717, 1.165) is 16.5 Å². The first-order chi connectivity index (χ1) is 12.6. The van der Waals surface area contributed by atoms with Crippen LogP contribution in [0.25, 0.3) is 10.8 Å². The van der Waals surface area contributed by atoms with E-state index in [-0.39, 0.29) is 11.8 Å². The molecule has 0 aliphatic carbocycles. The van der Waals surface area contributed by atoms with E-state index in [9.17, 15) is 9.59 Å². The van der Waals surface area contributed by atoms with Gasteiger partial charge in [0.15, 0.2) is 0 Å². The molecule has 26 heavy (non-hydrogen) atoms. The molecule has 1 fully saturated rings. The van der Waals surface area contributed by atoms with E-state index in [1.165, 1.54) is 0 Å². The third-order valence-electron chi connectivity index (χ3n) is 4.66. The first kappa shape index (κ1) is 16.6. The monoisotopic (exact) mass is 364 g/mol. The van der Waals surface area contributed by atoms with Gasteiger partial charge in [-0.15, -0.1) is 0 Å². The Labute approximate surface area is 156 Å². The molecule has 1 heterocycles. The average Bonchev–Trinajstić information content (AvgIpc) is 3.03. The number of hydrogen-bond donors (Lipinski definition) is 1. The van der Waals surface area contributed by atoms with Crippen molar-refractivity contribution in [2.75, 3.05) is 16.8 Å². The van der Waals surface area contributed by atoms with Crippen LogP contribution in [0, 0.1) is 5.92 Å². The van der Waals surface area contributed by atoms with E-state index in [0.29, 0.717) is 23.7 Å². The summed E-state index contributed by atoms with van der Waals surface area (Å²) < 4.78 is 0. The van der Waals surface area contributed by atoms with Crippen molar-refractivity contribution in [3.8, 4) is 0 Å². The van der Waals surface area contributed by atoms with Gasteiger partial charge < -0.3 is 10.2 Å². The fourth-order valence-electron chi connectivity index (χ4n) is 3.32. The zero-order valence-corrected chi connectivity index (χ0v) is 14.7. The van der Waals surface area contributed by atoms with E-state index in [1.54, 1.807) is 29.2 Å². The van der Waals surface area contributed by atoms with Gasteiger partial charge in [0.2, 0.25) is 11.8 Å². The highest BCUT2D eigenvalue weighted by Crippen LogP contribution is 2.29. The molecule has 1 saturated heterocycles. The van der Waals surface area contributed by atoms with Gasteiger partial charge in [-0.3, -0.25) is 9.59 Å². The molecule has 0 spiro atoms. The van der Waals surface area contributed by atoms with Crippen molar-refractivity contribution in [1.82, 2.24) is 0 Å². The molecule has 4 rings (SSSR count). The van der Waals surface area contributed by atoms with Crippen LogP contribution < -0.4 is 10.2 Å². The van der Waals surface area contributed by atoms with Crippen molar-refractivity contribution in [2.45, 2.75) is 6.42 Å². The maximum atomic E-state index is 12.8. The van der Waals surface area contributed by atoms with Crippen LogP contribution in [-0.4, -0.2) is 18.4 Å². The molecule has 130 valence electrons. The van der Waals surface area contributed by atoms with E-state index in [1.807, 2.05) is 42.5 Å². The second-order valence-corrected chi connectivity index (χ2v) is 6.80. The Morgan fingerprint density at radius 2 is 1.81 bits per heavy atom. The molecular weight excluding hydrogens is 348 g/mol. The van der Waals surface area contributed by atoms with Crippen LogP contribution in [0.5, 0.6) is 0 Å². The molecule has 3 aromatic carbocycles. The van der Waals surface area contributed by atoms with Crippen LogP contribution in [-0.2, 0) is 9.59 Å². The third kappa shape index (κ3) is 3.16. The van der Waals surface area contributed by atoms with Gasteiger partial charge in [0.25, 0.3) is 0 Å². The summed E-state index contributed by atoms with van der Waals surface area (Å²) in [5, 5.41) is 5.52. The van der Waals surface area contributed by atoms with Gasteiger partial charge in [-0.1, -0.05) is 48.0 Å². The van der Waals surface area contributed by atoms with Crippen LogP contribution in [0.4, 0.5) is 11.4 Å². The van der Waals surface area contributed by atoms with Crippen molar-refractivity contribution in [1.29, 1.82) is 0 Å². The van der Waals surface area contributed by atoms with Crippen molar-refractivity contribution >= 4 is 45.6 Å². The third-order valence-corrected chi connectivity index (χ3v) is 4.89. The number of amides is 2. The van der Waals surface area contributed by atoms with E-state index in [4.69, 9.17) is 11.6 Å². The Bertz CT molecular complexity index is 1000. The number of halogens is 1. The minimum Gasteiger partial charge on any atom is -0.325 e. The number of hydrogen-bond acceptors (Lipinski definition) is 2. The van der Waals surface area contributed by atoms with Gasteiger partial charge in [0.05, 0.1) is 0 Å². The summed E-state index contributed by atoms with van der Waals surface area (Å²) in [4.78, 5) is 27.0. The SMILES string of the molecule is O=C(Nc1cccc(Cl)c1)[C@H]1CCN(c2ccc3ccccc3c2)C1=O. The van der Waals surface area contributed by atoms with Crippen LogP contribution in [0.3, 0.4) is 0 Å². The Balaban J connectivity index is 1.52. The standard InChI is InChI=1S/C21H17ClN2O2/c22-16-6-3-7-17(13-16)23-20(25)19-10-11-24(21(19)26)18-9-8-14-4-1-2-5-15(14)12-18/h1-9,12-13,19H,10-11H2,(H,23,25)/t19-/m1/s1. The topological polar surface area (TPSA) is 49.4 Å². The Hall–Kier alpha value is -2.85. The van der Waals surface area contributed by atoms with Gasteiger partial charge >= 0.3 is 0 Å². The molecule has 5 heteroatoms. The molecule has 0 aromatic heterocycles. The smallest absolute Gasteiger partial charge is 0.239 e. The van der Waals surface area contributed by atoms with E-state index >= 15 is 0 Å². The average molecular weight is 365 g/mol. The zero-order chi connectivity index (χ0) is 18.1. The molecule has 0 saturated carbocycles. The minimum absolute atomic E-state index is 0.167. The molecule has 1 atom stereocenters. The van der Waals surface area contributed by atoms with Crippen LogP contribution in [0.2, 0.25) is 5.02 Å². The summed E-state index contributed by atoms with van der Waals surface area (Å²) in [5.41, 5.74) is 1.42. The summed E-state index contributed by atoms with van der Waals surface area (Å²) >= 11 is 5.94. The fourth-order valence-corrected chi connectivity index (χ4v) is 3.51. The molecule has 1 N–H and O–H groups in total. The lowest BCUT2D eigenvalue weighted by Crippen LogP contribution is -2.33. The second kappa shape index (κ2) is 6.81. The molecule has 1 aliphatic heterocycles. The maximum Gasteiger partial charge on any atom is 0.239 e. The lowest BCUT2D eigenvalue weighted by atomic mass is 10.1. The van der Waals surface area contributed by atoms with Gasteiger partial charge in [0, 0.05) is 22.9 Å². The molecule has 2 amide bonds. The number of anilines is 2. The number of carbonyl (C=O) groups excluding carboxylic acids is 2. The van der Waals surface area contributed by atoms with Gasteiger partial charge in [0.1, 0.15) is 5.92 Å². The Morgan fingerprint density at radius 1 is 1.00 bits per heavy atom. The maximum absolute atomic E-state index is 12.8. The molecule has 3 aromatic rings. The molecule has 4 nitrogen and oxygen atoms in total. The summed E-state index contributed by atoms with van der Waals surface area (Å²) in [7, 11) is 0. The largest absolute Gasteiger partial charge is 0.325 e. The lowest BCUT2D eigenvalue weighted by Gasteiger charge is -2.17. The second-order valence-electron chi connectivity index (χ2n) is 6.36. The minimum atomic E-state index is -0.680. The normalized spacial score (nSPS) is 16.9. The molecule has 1 aliphatic rings. The van der Waals surface area contributed by atoms with Crippen LogP contribution in [0.15, 0.2) is 66.7 Å². The Kier molecular flexibility index (Phi) is 4.35. The number of fused-ring (bicyclic) bond motifs is 1. The van der Waals surface area contributed by atoms with Crippen molar-refractivity contribution in [2.24, 2.45) is 5.92 Å². The predicted octanol–water partition coefficient (Wildman–Crippen LogP) is 4.48. The lowest BCUT2D eigenvalue weighted by molar-refractivity contribution is -0.129. The highest BCUT2D eigenvalue weighted by Gasteiger charge is 2.37. The Morgan fingerprint density at radius 3 is 2.62 bits per heavy atom. The highest BCUT2D eigenvalue weighted by molar-refractivity contribution is 6.31. The zero-order valence-electron chi connectivity index (χ0n) is 14.0. The summed E-state index contributed by atoms with van der Waals surface area (Å²) in [6, 6.07) is 20.8. The predicted molar refractivity (Wildman–Crippen MR) is 104 cm³/mol. The van der Waals surface area contributed by atoms with Gasteiger partial charge in [-0.2, -0.15) is 0 Å². The summed E-state index contributed by atoms with van der Waals surface area (Å²) in [6.07, 6.45) is 0.498. The fraction of sp³-hybridized carbons (Fsp3) is 0.143. The van der Waals surface area contributed by atoms with Crippen LogP contribution >= 0.6 is 11.6 Å². The van der Waals surface area contributed by atoms with Gasteiger partial charge in [-0.25, -0.2) is 0 Å². The number of benzene rings is 3.